The molecule has 18 heavy (non-hydrogen) atoms. The Kier molecular flexibility index (Phi) is 3.94. The zero-order valence-electron chi connectivity index (χ0n) is 9.83. The van der Waals surface area contributed by atoms with Gasteiger partial charge in [0.25, 0.3) is 0 Å². The molecule has 1 aromatic heterocycles. The quantitative estimate of drug-likeness (QED) is 0.520. The minimum absolute atomic E-state index is 0.0165. The molecule has 0 aliphatic carbocycles. The van der Waals surface area contributed by atoms with Crippen molar-refractivity contribution in [3.63, 3.8) is 0 Å². The number of ketones is 1. The monoisotopic (exact) mass is 260 g/mol. The van der Waals surface area contributed by atoms with Crippen LogP contribution in [0.2, 0.25) is 0 Å². The molecule has 1 aromatic carbocycles. The van der Waals surface area contributed by atoms with Crippen molar-refractivity contribution in [3.8, 4) is 5.75 Å². The number of phenolic OH excluding ortho intramolecular Hbond substituents is 1. The molecule has 0 amide bonds. The predicted molar refractivity (Wildman–Crippen MR) is 69.7 cm³/mol. The van der Waals surface area contributed by atoms with Crippen LogP contribution in [-0.2, 0) is 5.75 Å². The number of carbonyl (C=O) groups excluding carboxylic acids is 1. The van der Waals surface area contributed by atoms with Crippen LogP contribution in [0.5, 0.6) is 5.75 Å². The normalized spacial score (nSPS) is 10.3. The Hall–Kier alpha value is -1.88. The van der Waals surface area contributed by atoms with E-state index in [1.165, 1.54) is 18.7 Å². The van der Waals surface area contributed by atoms with E-state index >= 15 is 0 Å². The molecule has 5 heteroatoms. The molecule has 0 bridgehead atoms. The molecule has 0 saturated carbocycles. The first-order valence-electron chi connectivity index (χ1n) is 5.39. The Labute approximate surface area is 109 Å². The maximum absolute atomic E-state index is 11.3. The summed E-state index contributed by atoms with van der Waals surface area (Å²) in [6.45, 7) is 1.50. The highest BCUT2D eigenvalue weighted by Crippen LogP contribution is 2.26. The van der Waals surface area contributed by atoms with Gasteiger partial charge in [0.15, 0.2) is 10.9 Å². The van der Waals surface area contributed by atoms with Gasteiger partial charge < -0.3 is 5.11 Å². The van der Waals surface area contributed by atoms with Gasteiger partial charge >= 0.3 is 0 Å². The van der Waals surface area contributed by atoms with E-state index in [4.69, 9.17) is 0 Å². The van der Waals surface area contributed by atoms with E-state index < -0.39 is 0 Å². The Bertz CT molecular complexity index is 558. The highest BCUT2D eigenvalue weighted by molar-refractivity contribution is 7.98. The number of hydrogen-bond donors (Lipinski definition) is 1. The Morgan fingerprint density at radius 1 is 1.33 bits per heavy atom. The second kappa shape index (κ2) is 5.64. The minimum atomic E-state index is -0.0165. The lowest BCUT2D eigenvalue weighted by molar-refractivity contribution is 0.101. The molecule has 0 aliphatic rings. The summed E-state index contributed by atoms with van der Waals surface area (Å²) in [7, 11) is 0. The fourth-order valence-corrected chi connectivity index (χ4v) is 2.21. The van der Waals surface area contributed by atoms with E-state index in [1.54, 1.807) is 36.7 Å². The number of thioether (sulfide) groups is 1. The number of rotatable bonds is 4. The van der Waals surface area contributed by atoms with Gasteiger partial charge in [-0.1, -0.05) is 11.8 Å². The third-order valence-corrected chi connectivity index (χ3v) is 3.31. The van der Waals surface area contributed by atoms with Gasteiger partial charge in [-0.2, -0.15) is 0 Å². The van der Waals surface area contributed by atoms with Crippen LogP contribution in [0, 0.1) is 0 Å². The number of Topliss-reactive ketones (excluding diaryl/α,β-unsaturated/α-hetero) is 1. The molecule has 1 heterocycles. The molecule has 1 N–H and O–H groups in total. The van der Waals surface area contributed by atoms with Crippen molar-refractivity contribution in [2.75, 3.05) is 0 Å². The summed E-state index contributed by atoms with van der Waals surface area (Å²) in [5, 5.41) is 10.4. The molecule has 0 unspecified atom stereocenters. The van der Waals surface area contributed by atoms with Crippen LogP contribution in [0.1, 0.15) is 22.8 Å². The van der Waals surface area contributed by atoms with Crippen LogP contribution in [0.4, 0.5) is 0 Å². The van der Waals surface area contributed by atoms with E-state index in [-0.39, 0.29) is 11.5 Å². The highest BCUT2D eigenvalue weighted by Gasteiger charge is 2.07. The van der Waals surface area contributed by atoms with Gasteiger partial charge in [-0.3, -0.25) is 4.79 Å². The van der Waals surface area contributed by atoms with Gasteiger partial charge in [0.1, 0.15) is 5.75 Å². The van der Waals surface area contributed by atoms with Crippen molar-refractivity contribution in [1.82, 2.24) is 9.97 Å². The number of hydrogen-bond acceptors (Lipinski definition) is 5. The second-order valence-corrected chi connectivity index (χ2v) is 4.66. The van der Waals surface area contributed by atoms with Crippen molar-refractivity contribution in [3.05, 3.63) is 47.8 Å². The number of benzene rings is 1. The topological polar surface area (TPSA) is 63.1 Å². The zero-order valence-corrected chi connectivity index (χ0v) is 10.6. The van der Waals surface area contributed by atoms with Crippen LogP contribution in [0.25, 0.3) is 0 Å². The first-order chi connectivity index (χ1) is 8.66. The third kappa shape index (κ3) is 3.07. The van der Waals surface area contributed by atoms with Gasteiger partial charge in [0.2, 0.25) is 0 Å². The lowest BCUT2D eigenvalue weighted by atomic mass is 10.1. The SMILES string of the molecule is CC(=O)c1ccc(O)c(CSc2ncccn2)c1. The fraction of sp³-hybridized carbons (Fsp3) is 0.154. The van der Waals surface area contributed by atoms with Gasteiger partial charge in [0, 0.05) is 29.3 Å². The first kappa shape index (κ1) is 12.6. The number of aromatic nitrogens is 2. The standard InChI is InChI=1S/C13H12N2O2S/c1-9(16)10-3-4-12(17)11(7-10)8-18-13-14-5-2-6-15-13/h2-7,17H,8H2,1H3. The smallest absolute Gasteiger partial charge is 0.187 e. The molecule has 0 saturated heterocycles. The summed E-state index contributed by atoms with van der Waals surface area (Å²) in [5.74, 6) is 0.692. The van der Waals surface area contributed by atoms with Crippen LogP contribution >= 0.6 is 11.8 Å². The first-order valence-corrected chi connectivity index (χ1v) is 6.38. The highest BCUT2D eigenvalue weighted by atomic mass is 32.2. The van der Waals surface area contributed by atoms with Crippen molar-refractivity contribution < 1.29 is 9.90 Å². The third-order valence-electron chi connectivity index (χ3n) is 2.38. The summed E-state index contributed by atoms with van der Waals surface area (Å²) < 4.78 is 0. The molecule has 0 atom stereocenters. The molecule has 0 spiro atoms. The minimum Gasteiger partial charge on any atom is -0.508 e. The van der Waals surface area contributed by atoms with E-state index in [2.05, 4.69) is 9.97 Å². The lowest BCUT2D eigenvalue weighted by Gasteiger charge is -2.05. The van der Waals surface area contributed by atoms with Crippen LogP contribution in [0.3, 0.4) is 0 Å². The van der Waals surface area contributed by atoms with Gasteiger partial charge in [-0.25, -0.2) is 9.97 Å². The number of nitrogens with zero attached hydrogens (tertiary/aromatic N) is 2. The second-order valence-electron chi connectivity index (χ2n) is 3.72. The van der Waals surface area contributed by atoms with E-state index in [0.29, 0.717) is 22.0 Å². The van der Waals surface area contributed by atoms with Crippen LogP contribution in [-0.4, -0.2) is 20.9 Å². The Morgan fingerprint density at radius 2 is 2.06 bits per heavy atom. The Balaban J connectivity index is 2.14. The molecule has 4 nitrogen and oxygen atoms in total. The molecule has 2 rings (SSSR count). The van der Waals surface area contributed by atoms with Gasteiger partial charge in [-0.15, -0.1) is 0 Å². The lowest BCUT2D eigenvalue weighted by Crippen LogP contribution is -1.94. The summed E-state index contributed by atoms with van der Waals surface area (Å²) in [6.07, 6.45) is 3.34. The fourth-order valence-electron chi connectivity index (χ4n) is 1.42. The number of carbonyl (C=O) groups is 1. The summed E-state index contributed by atoms with van der Waals surface area (Å²) in [5.41, 5.74) is 1.30. The van der Waals surface area contributed by atoms with E-state index in [0.717, 1.165) is 0 Å². The molecular weight excluding hydrogens is 248 g/mol. The maximum atomic E-state index is 11.3. The van der Waals surface area contributed by atoms with Crippen molar-refractivity contribution in [2.24, 2.45) is 0 Å². The predicted octanol–water partition coefficient (Wildman–Crippen LogP) is 2.68. The van der Waals surface area contributed by atoms with Crippen molar-refractivity contribution >= 4 is 17.5 Å². The molecule has 0 radical (unpaired) electrons. The van der Waals surface area contributed by atoms with Gasteiger partial charge in [-0.05, 0) is 31.2 Å². The molecule has 92 valence electrons. The van der Waals surface area contributed by atoms with Crippen LogP contribution in [0.15, 0.2) is 41.8 Å². The summed E-state index contributed by atoms with van der Waals surface area (Å²) in [4.78, 5) is 19.4. The summed E-state index contributed by atoms with van der Waals surface area (Å²) >= 11 is 1.41. The largest absolute Gasteiger partial charge is 0.508 e. The van der Waals surface area contributed by atoms with E-state index in [1.807, 2.05) is 0 Å². The number of aromatic hydroxyl groups is 1. The van der Waals surface area contributed by atoms with Crippen molar-refractivity contribution in [1.29, 1.82) is 0 Å². The Morgan fingerprint density at radius 3 is 2.72 bits per heavy atom. The zero-order chi connectivity index (χ0) is 13.0. The molecule has 0 aliphatic heterocycles. The average Bonchev–Trinajstić information content (AvgIpc) is 2.38. The van der Waals surface area contributed by atoms with Gasteiger partial charge in [0.05, 0.1) is 0 Å². The van der Waals surface area contributed by atoms with E-state index in [9.17, 15) is 9.90 Å². The molecular formula is C13H12N2O2S. The molecule has 2 aromatic rings. The maximum Gasteiger partial charge on any atom is 0.187 e. The summed E-state index contributed by atoms with van der Waals surface area (Å²) in [6, 6.07) is 6.61. The van der Waals surface area contributed by atoms with Crippen molar-refractivity contribution in [2.45, 2.75) is 17.8 Å². The number of phenols is 1. The average molecular weight is 260 g/mol. The van der Waals surface area contributed by atoms with Crippen LogP contribution < -0.4 is 0 Å². The molecule has 0 fully saturated rings.